The van der Waals surface area contributed by atoms with Gasteiger partial charge in [-0.25, -0.2) is 0 Å². The largest absolute Gasteiger partial charge is 0.345 e. The zero-order chi connectivity index (χ0) is 14.0. The van der Waals surface area contributed by atoms with Gasteiger partial charge in [-0.05, 0) is 6.92 Å². The van der Waals surface area contributed by atoms with E-state index < -0.39 is 0 Å². The lowest BCUT2D eigenvalue weighted by molar-refractivity contribution is -0.142. The Labute approximate surface area is 110 Å². The van der Waals surface area contributed by atoms with Crippen LogP contribution in [0.25, 0.3) is 0 Å². The number of nitrogens with zero attached hydrogens (tertiary/aromatic N) is 2. The van der Waals surface area contributed by atoms with Gasteiger partial charge in [-0.3, -0.25) is 29.4 Å². The van der Waals surface area contributed by atoms with Gasteiger partial charge in [0.25, 0.3) is 0 Å². The van der Waals surface area contributed by atoms with E-state index in [0.717, 1.165) is 0 Å². The van der Waals surface area contributed by atoms with Gasteiger partial charge >= 0.3 is 0 Å². The minimum atomic E-state index is -0.342. The number of imide groups is 1. The number of carbonyl (C=O) groups excluding carboxylic acids is 4. The molecule has 19 heavy (non-hydrogen) atoms. The van der Waals surface area contributed by atoms with Crippen LogP contribution in [-0.2, 0) is 19.2 Å². The molecule has 0 radical (unpaired) electrons. The van der Waals surface area contributed by atoms with Crippen LogP contribution in [-0.4, -0.2) is 72.2 Å². The molecule has 2 heterocycles. The third-order valence-electron chi connectivity index (χ3n) is 3.20. The lowest BCUT2D eigenvalue weighted by Crippen LogP contribution is -2.59. The Morgan fingerprint density at radius 2 is 1.68 bits per heavy atom. The molecule has 2 aliphatic rings. The number of hydrogen-bond acceptors (Lipinski definition) is 5. The van der Waals surface area contributed by atoms with Gasteiger partial charge in [0.2, 0.25) is 23.6 Å². The van der Waals surface area contributed by atoms with Crippen molar-refractivity contribution >= 4 is 23.6 Å². The minimum Gasteiger partial charge on any atom is -0.345 e. The third kappa shape index (κ3) is 3.28. The molecule has 0 bridgehead atoms. The highest BCUT2D eigenvalue weighted by Crippen LogP contribution is 2.06. The molecule has 1 atom stereocenters. The minimum absolute atomic E-state index is 0.00493. The maximum Gasteiger partial charge on any atom is 0.242 e. The lowest BCUT2D eigenvalue weighted by atomic mass is 10.2. The molecule has 0 saturated carbocycles. The van der Waals surface area contributed by atoms with Crippen LogP contribution >= 0.6 is 0 Å². The summed E-state index contributed by atoms with van der Waals surface area (Å²) in [4.78, 5) is 48.6. The van der Waals surface area contributed by atoms with E-state index >= 15 is 0 Å². The molecule has 8 nitrogen and oxygen atoms in total. The van der Waals surface area contributed by atoms with Gasteiger partial charge in [0, 0.05) is 12.6 Å². The number of piperazine rings is 2. The van der Waals surface area contributed by atoms with Crippen molar-refractivity contribution in [2.75, 3.05) is 32.7 Å². The summed E-state index contributed by atoms with van der Waals surface area (Å²) in [5.41, 5.74) is 0. The number of nitrogens with one attached hydrogen (secondary N) is 2. The third-order valence-corrected chi connectivity index (χ3v) is 3.20. The molecule has 2 N–H and O–H groups in total. The number of rotatable bonds is 3. The topological polar surface area (TPSA) is 98.8 Å². The fourth-order valence-electron chi connectivity index (χ4n) is 2.18. The predicted octanol–water partition coefficient (Wildman–Crippen LogP) is -2.71. The molecule has 0 aromatic rings. The van der Waals surface area contributed by atoms with Crippen molar-refractivity contribution in [1.82, 2.24) is 20.4 Å². The molecule has 104 valence electrons. The Bertz CT molecular complexity index is 420. The predicted molar refractivity (Wildman–Crippen MR) is 63.8 cm³/mol. The van der Waals surface area contributed by atoms with Crippen molar-refractivity contribution in [1.29, 1.82) is 0 Å². The zero-order valence-corrected chi connectivity index (χ0v) is 10.6. The summed E-state index contributed by atoms with van der Waals surface area (Å²) in [6.07, 6.45) is 0. The van der Waals surface area contributed by atoms with Crippen molar-refractivity contribution in [3.05, 3.63) is 0 Å². The summed E-state index contributed by atoms with van der Waals surface area (Å²) in [5.74, 6) is -1.03. The molecule has 0 spiro atoms. The van der Waals surface area contributed by atoms with E-state index in [9.17, 15) is 19.2 Å². The Morgan fingerprint density at radius 1 is 1.05 bits per heavy atom. The highest BCUT2D eigenvalue weighted by Gasteiger charge is 2.30. The van der Waals surface area contributed by atoms with Gasteiger partial charge in [-0.15, -0.1) is 0 Å². The fourth-order valence-corrected chi connectivity index (χ4v) is 2.18. The first-order valence-corrected chi connectivity index (χ1v) is 6.07. The first-order valence-electron chi connectivity index (χ1n) is 6.07. The first kappa shape index (κ1) is 13.5. The maximum atomic E-state index is 11.6. The van der Waals surface area contributed by atoms with Crippen LogP contribution in [0.3, 0.4) is 0 Å². The molecule has 2 rings (SSSR count). The molecule has 4 amide bonds. The lowest BCUT2D eigenvalue weighted by Gasteiger charge is -2.35. The second kappa shape index (κ2) is 5.35. The average Bonchev–Trinajstić information content (AvgIpc) is 2.32. The quantitative estimate of drug-likeness (QED) is 0.542. The summed E-state index contributed by atoms with van der Waals surface area (Å²) in [6.45, 7) is 2.43. The summed E-state index contributed by atoms with van der Waals surface area (Å²) in [5, 5.41) is 4.69. The van der Waals surface area contributed by atoms with E-state index in [4.69, 9.17) is 0 Å². The molecule has 2 aliphatic heterocycles. The Hall–Kier alpha value is -1.96. The monoisotopic (exact) mass is 268 g/mol. The number of amides is 4. The van der Waals surface area contributed by atoms with Crippen LogP contribution in [0.1, 0.15) is 6.92 Å². The molecular formula is C11H16N4O4. The average molecular weight is 268 g/mol. The van der Waals surface area contributed by atoms with Crippen molar-refractivity contribution < 1.29 is 19.2 Å². The van der Waals surface area contributed by atoms with Crippen molar-refractivity contribution in [3.63, 3.8) is 0 Å². The number of hydrogen-bond donors (Lipinski definition) is 2. The standard InChI is InChI=1S/C11H16N4O4/c1-7(14-5-9(17)13-10(18)6-14)3-15-4-8(16)12-2-11(15)19/h7H,2-6H2,1H3,(H,12,16)(H,13,17,18)/t7-/m1/s1. The Balaban J connectivity index is 1.94. The van der Waals surface area contributed by atoms with Gasteiger partial charge in [-0.2, -0.15) is 0 Å². The van der Waals surface area contributed by atoms with E-state index in [0.29, 0.717) is 6.54 Å². The molecule has 0 aromatic carbocycles. The second-order valence-electron chi connectivity index (χ2n) is 4.78. The smallest absolute Gasteiger partial charge is 0.242 e. The molecule has 8 heteroatoms. The summed E-state index contributed by atoms with van der Waals surface area (Å²) in [7, 11) is 0. The molecule has 0 aliphatic carbocycles. The highest BCUT2D eigenvalue weighted by molar-refractivity contribution is 5.99. The van der Waals surface area contributed by atoms with Gasteiger partial charge < -0.3 is 10.2 Å². The first-order chi connectivity index (χ1) is 8.95. The van der Waals surface area contributed by atoms with E-state index in [-0.39, 0.29) is 55.8 Å². The molecule has 2 saturated heterocycles. The summed E-state index contributed by atoms with van der Waals surface area (Å²) >= 11 is 0. The maximum absolute atomic E-state index is 11.6. The van der Waals surface area contributed by atoms with Gasteiger partial charge in [0.05, 0.1) is 26.2 Å². The normalized spacial score (nSPS) is 23.1. The Kier molecular flexibility index (Phi) is 3.79. The Morgan fingerprint density at radius 3 is 2.32 bits per heavy atom. The van der Waals surface area contributed by atoms with Crippen LogP contribution < -0.4 is 10.6 Å². The fraction of sp³-hybridized carbons (Fsp3) is 0.636. The highest BCUT2D eigenvalue weighted by atomic mass is 16.2. The molecular weight excluding hydrogens is 252 g/mol. The van der Waals surface area contributed by atoms with E-state index in [1.807, 2.05) is 6.92 Å². The van der Waals surface area contributed by atoms with Gasteiger partial charge in [0.15, 0.2) is 0 Å². The summed E-state index contributed by atoms with van der Waals surface area (Å²) < 4.78 is 0. The van der Waals surface area contributed by atoms with Gasteiger partial charge in [0.1, 0.15) is 0 Å². The van der Waals surface area contributed by atoms with Crippen molar-refractivity contribution in [2.45, 2.75) is 13.0 Å². The SMILES string of the molecule is C[C@H](CN1CC(=O)NCC1=O)N1CC(=O)NC(=O)C1. The van der Waals surface area contributed by atoms with Crippen LogP contribution in [0, 0.1) is 0 Å². The molecule has 0 aromatic heterocycles. The van der Waals surface area contributed by atoms with Crippen molar-refractivity contribution in [2.24, 2.45) is 0 Å². The van der Waals surface area contributed by atoms with Crippen LogP contribution in [0.2, 0.25) is 0 Å². The number of carbonyl (C=O) groups is 4. The van der Waals surface area contributed by atoms with Crippen LogP contribution in [0.4, 0.5) is 0 Å². The van der Waals surface area contributed by atoms with E-state index in [1.54, 1.807) is 4.90 Å². The van der Waals surface area contributed by atoms with E-state index in [1.165, 1.54) is 4.90 Å². The molecule has 0 unspecified atom stereocenters. The zero-order valence-electron chi connectivity index (χ0n) is 10.6. The second-order valence-corrected chi connectivity index (χ2v) is 4.78. The van der Waals surface area contributed by atoms with Crippen LogP contribution in [0.15, 0.2) is 0 Å². The van der Waals surface area contributed by atoms with Crippen molar-refractivity contribution in [3.8, 4) is 0 Å². The van der Waals surface area contributed by atoms with E-state index in [2.05, 4.69) is 10.6 Å². The molecule has 2 fully saturated rings. The van der Waals surface area contributed by atoms with Crippen LogP contribution in [0.5, 0.6) is 0 Å². The van der Waals surface area contributed by atoms with Gasteiger partial charge in [-0.1, -0.05) is 0 Å². The summed E-state index contributed by atoms with van der Waals surface area (Å²) in [6, 6.07) is -0.162.